The van der Waals surface area contributed by atoms with E-state index < -0.39 is 0 Å². The quantitative estimate of drug-likeness (QED) is 0.843. The molecule has 0 saturated carbocycles. The van der Waals surface area contributed by atoms with Crippen LogP contribution in [-0.4, -0.2) is 14.5 Å². The first-order chi connectivity index (χ1) is 8.39. The number of hydrogen-bond donors (Lipinski definition) is 1. The molecule has 0 aromatic carbocycles. The number of nitrogens with zero attached hydrogens (tertiary/aromatic N) is 2. The van der Waals surface area contributed by atoms with Crippen LogP contribution in [0.3, 0.4) is 0 Å². The maximum atomic E-state index is 5.68. The molecule has 0 unspecified atom stereocenters. The van der Waals surface area contributed by atoms with Crippen LogP contribution >= 0.6 is 12.2 Å². The van der Waals surface area contributed by atoms with Crippen molar-refractivity contribution in [1.29, 1.82) is 0 Å². The van der Waals surface area contributed by atoms with Crippen LogP contribution in [-0.2, 0) is 5.41 Å². The van der Waals surface area contributed by atoms with Gasteiger partial charge < -0.3 is 5.73 Å². The molecule has 0 spiro atoms. The molecule has 2 aromatic rings. The molecule has 0 radical (unpaired) electrons. The van der Waals surface area contributed by atoms with Crippen molar-refractivity contribution in [2.75, 3.05) is 0 Å². The topological polar surface area (TPSA) is 43.8 Å². The zero-order chi connectivity index (χ0) is 13.3. The standard InChI is InChI=1S/C14H17N3S/c1-14(2,3)10-6-7-12(16-9-10)17-8-4-5-11(17)13(15)18/h4-9H,1-3H3,(H2,15,18). The second-order valence-corrected chi connectivity index (χ2v) is 5.72. The summed E-state index contributed by atoms with van der Waals surface area (Å²) in [4.78, 5) is 4.86. The second-order valence-electron chi connectivity index (χ2n) is 5.28. The maximum Gasteiger partial charge on any atom is 0.137 e. The van der Waals surface area contributed by atoms with Crippen LogP contribution in [0.4, 0.5) is 0 Å². The van der Waals surface area contributed by atoms with Gasteiger partial charge in [-0.1, -0.05) is 39.1 Å². The molecule has 0 amide bonds. The van der Waals surface area contributed by atoms with Gasteiger partial charge in [-0.15, -0.1) is 0 Å². The van der Waals surface area contributed by atoms with Crippen LogP contribution in [0.2, 0.25) is 0 Å². The van der Waals surface area contributed by atoms with E-state index in [0.717, 1.165) is 11.5 Å². The van der Waals surface area contributed by atoms with Crippen LogP contribution in [0, 0.1) is 0 Å². The molecule has 3 nitrogen and oxygen atoms in total. The van der Waals surface area contributed by atoms with Crippen molar-refractivity contribution in [3.63, 3.8) is 0 Å². The predicted octanol–water partition coefficient (Wildman–Crippen LogP) is 2.80. The lowest BCUT2D eigenvalue weighted by molar-refractivity contribution is 0.587. The average Bonchev–Trinajstić information content (AvgIpc) is 2.77. The highest BCUT2D eigenvalue weighted by Crippen LogP contribution is 2.22. The summed E-state index contributed by atoms with van der Waals surface area (Å²) < 4.78 is 1.90. The Balaban J connectivity index is 2.41. The summed E-state index contributed by atoms with van der Waals surface area (Å²) in [5.41, 5.74) is 7.79. The molecular formula is C14H17N3S. The van der Waals surface area contributed by atoms with Gasteiger partial charge in [0, 0.05) is 12.4 Å². The number of hydrogen-bond acceptors (Lipinski definition) is 2. The van der Waals surface area contributed by atoms with Crippen LogP contribution < -0.4 is 5.73 Å². The van der Waals surface area contributed by atoms with Gasteiger partial charge in [0.2, 0.25) is 0 Å². The van der Waals surface area contributed by atoms with Crippen molar-refractivity contribution in [3.8, 4) is 5.82 Å². The summed E-state index contributed by atoms with van der Waals surface area (Å²) in [6.45, 7) is 6.50. The van der Waals surface area contributed by atoms with Gasteiger partial charge in [0.1, 0.15) is 10.8 Å². The summed E-state index contributed by atoms with van der Waals surface area (Å²) in [6.07, 6.45) is 3.81. The van der Waals surface area contributed by atoms with Gasteiger partial charge in [-0.25, -0.2) is 4.98 Å². The highest BCUT2D eigenvalue weighted by atomic mass is 32.1. The van der Waals surface area contributed by atoms with E-state index in [1.807, 2.05) is 35.2 Å². The van der Waals surface area contributed by atoms with E-state index in [0.29, 0.717) is 4.99 Å². The third kappa shape index (κ3) is 2.43. The van der Waals surface area contributed by atoms with Gasteiger partial charge in [-0.2, -0.15) is 0 Å². The van der Waals surface area contributed by atoms with E-state index in [2.05, 4.69) is 31.8 Å². The molecule has 0 aliphatic carbocycles. The Labute approximate surface area is 113 Å². The molecule has 2 N–H and O–H groups in total. The number of rotatable bonds is 2. The Morgan fingerprint density at radius 3 is 2.50 bits per heavy atom. The maximum absolute atomic E-state index is 5.68. The Morgan fingerprint density at radius 2 is 2.00 bits per heavy atom. The Kier molecular flexibility index (Phi) is 3.22. The van der Waals surface area contributed by atoms with E-state index in [-0.39, 0.29) is 5.41 Å². The van der Waals surface area contributed by atoms with Crippen LogP contribution in [0.5, 0.6) is 0 Å². The smallest absolute Gasteiger partial charge is 0.137 e. The van der Waals surface area contributed by atoms with Crippen molar-refractivity contribution < 1.29 is 0 Å². The van der Waals surface area contributed by atoms with Crippen LogP contribution in [0.25, 0.3) is 5.82 Å². The van der Waals surface area contributed by atoms with Crippen molar-refractivity contribution in [3.05, 3.63) is 47.9 Å². The van der Waals surface area contributed by atoms with Crippen LogP contribution in [0.15, 0.2) is 36.7 Å². The number of pyridine rings is 1. The predicted molar refractivity (Wildman–Crippen MR) is 78.2 cm³/mol. The van der Waals surface area contributed by atoms with Gasteiger partial charge in [0.25, 0.3) is 0 Å². The molecule has 2 aromatic heterocycles. The van der Waals surface area contributed by atoms with E-state index in [1.54, 1.807) is 0 Å². The Bertz CT molecular complexity index is 561. The molecule has 2 rings (SSSR count). The summed E-state index contributed by atoms with van der Waals surface area (Å²) in [6, 6.07) is 7.88. The molecule has 18 heavy (non-hydrogen) atoms. The Morgan fingerprint density at radius 1 is 1.28 bits per heavy atom. The molecule has 0 saturated heterocycles. The van der Waals surface area contributed by atoms with Crippen molar-refractivity contribution in [2.45, 2.75) is 26.2 Å². The second kappa shape index (κ2) is 4.53. The monoisotopic (exact) mass is 259 g/mol. The van der Waals surface area contributed by atoms with Gasteiger partial charge >= 0.3 is 0 Å². The first-order valence-electron chi connectivity index (χ1n) is 5.83. The fourth-order valence-electron chi connectivity index (χ4n) is 1.75. The number of thiocarbonyl (C=S) groups is 1. The summed E-state index contributed by atoms with van der Waals surface area (Å²) >= 11 is 5.02. The minimum absolute atomic E-state index is 0.105. The van der Waals surface area contributed by atoms with E-state index in [1.165, 1.54) is 5.56 Å². The summed E-state index contributed by atoms with van der Waals surface area (Å²) in [5, 5.41) is 0. The average molecular weight is 259 g/mol. The lowest BCUT2D eigenvalue weighted by atomic mass is 9.88. The third-order valence-electron chi connectivity index (χ3n) is 2.86. The molecular weight excluding hydrogens is 242 g/mol. The first kappa shape index (κ1) is 12.8. The highest BCUT2D eigenvalue weighted by Gasteiger charge is 2.14. The Hall–Kier alpha value is -1.68. The summed E-state index contributed by atoms with van der Waals surface area (Å²) in [5.74, 6) is 0.829. The lowest BCUT2D eigenvalue weighted by Crippen LogP contribution is -2.16. The van der Waals surface area contributed by atoms with E-state index in [4.69, 9.17) is 18.0 Å². The number of nitrogens with two attached hydrogens (primary N) is 1. The van der Waals surface area contributed by atoms with Crippen LogP contribution in [0.1, 0.15) is 32.0 Å². The molecule has 0 atom stereocenters. The van der Waals surface area contributed by atoms with Gasteiger partial charge in [0.15, 0.2) is 0 Å². The van der Waals surface area contributed by atoms with Gasteiger partial charge in [0.05, 0.1) is 5.69 Å². The lowest BCUT2D eigenvalue weighted by Gasteiger charge is -2.18. The SMILES string of the molecule is CC(C)(C)c1ccc(-n2cccc2C(N)=S)nc1. The van der Waals surface area contributed by atoms with E-state index in [9.17, 15) is 0 Å². The first-order valence-corrected chi connectivity index (χ1v) is 6.24. The largest absolute Gasteiger partial charge is 0.388 e. The number of aromatic nitrogens is 2. The normalized spacial score (nSPS) is 11.5. The van der Waals surface area contributed by atoms with Crippen molar-refractivity contribution in [1.82, 2.24) is 9.55 Å². The van der Waals surface area contributed by atoms with Crippen molar-refractivity contribution in [2.24, 2.45) is 5.73 Å². The minimum atomic E-state index is 0.105. The molecule has 0 fully saturated rings. The van der Waals surface area contributed by atoms with Crippen molar-refractivity contribution >= 4 is 17.2 Å². The van der Waals surface area contributed by atoms with Gasteiger partial charge in [-0.3, -0.25) is 4.57 Å². The molecule has 0 aliphatic rings. The van der Waals surface area contributed by atoms with E-state index >= 15 is 0 Å². The zero-order valence-electron chi connectivity index (χ0n) is 10.8. The molecule has 0 aliphatic heterocycles. The fourth-order valence-corrected chi connectivity index (χ4v) is 1.92. The van der Waals surface area contributed by atoms with Gasteiger partial charge in [-0.05, 0) is 29.2 Å². The molecule has 0 bridgehead atoms. The summed E-state index contributed by atoms with van der Waals surface area (Å²) in [7, 11) is 0. The molecule has 94 valence electrons. The highest BCUT2D eigenvalue weighted by molar-refractivity contribution is 7.80. The molecule has 2 heterocycles. The minimum Gasteiger partial charge on any atom is -0.388 e. The molecule has 4 heteroatoms. The fraction of sp³-hybridized carbons (Fsp3) is 0.286. The zero-order valence-corrected chi connectivity index (χ0v) is 11.7. The third-order valence-corrected chi connectivity index (χ3v) is 3.07.